The van der Waals surface area contributed by atoms with E-state index in [9.17, 15) is 0 Å². The van der Waals surface area contributed by atoms with Gasteiger partial charge in [-0.15, -0.1) is 0 Å². The molecule has 0 aromatic heterocycles. The number of ether oxygens (including phenoxy) is 2. The molecule has 0 aliphatic carbocycles. The van der Waals surface area contributed by atoms with Gasteiger partial charge in [-0.1, -0.05) is 35.3 Å². The minimum absolute atomic E-state index is 0.0639. The topological polar surface area (TPSA) is 44.5 Å². The van der Waals surface area contributed by atoms with Crippen molar-refractivity contribution < 1.29 is 9.47 Å². The zero-order chi connectivity index (χ0) is 15.4. The molecule has 0 aliphatic rings. The molecule has 0 amide bonds. The lowest BCUT2D eigenvalue weighted by Gasteiger charge is -2.14. The molecule has 0 heterocycles. The molecular formula is C16H17Cl2NO2. The van der Waals surface area contributed by atoms with Crippen LogP contribution in [-0.2, 0) is 6.61 Å². The zero-order valence-corrected chi connectivity index (χ0v) is 13.4. The van der Waals surface area contributed by atoms with Crippen molar-refractivity contribution in [1.29, 1.82) is 0 Å². The van der Waals surface area contributed by atoms with Crippen LogP contribution in [0.4, 0.5) is 0 Å². The lowest BCUT2D eigenvalue weighted by atomic mass is 10.1. The van der Waals surface area contributed by atoms with Crippen molar-refractivity contribution in [2.75, 3.05) is 7.11 Å². The Bertz CT molecular complexity index is 609. The van der Waals surface area contributed by atoms with Gasteiger partial charge in [0, 0.05) is 21.7 Å². The Morgan fingerprint density at radius 2 is 1.76 bits per heavy atom. The molecule has 0 aliphatic heterocycles. The van der Waals surface area contributed by atoms with Crippen LogP contribution in [0, 0.1) is 0 Å². The van der Waals surface area contributed by atoms with Crippen LogP contribution >= 0.6 is 23.2 Å². The number of nitrogens with two attached hydrogens (primary N) is 1. The van der Waals surface area contributed by atoms with Crippen LogP contribution < -0.4 is 15.2 Å². The third-order valence-electron chi connectivity index (χ3n) is 3.15. The summed E-state index contributed by atoms with van der Waals surface area (Å²) in [5, 5.41) is 1.15. The van der Waals surface area contributed by atoms with Crippen LogP contribution in [-0.4, -0.2) is 7.11 Å². The molecule has 21 heavy (non-hydrogen) atoms. The minimum atomic E-state index is -0.0639. The lowest BCUT2D eigenvalue weighted by molar-refractivity contribution is 0.284. The monoisotopic (exact) mass is 325 g/mol. The molecule has 2 rings (SSSR count). The summed E-state index contributed by atoms with van der Waals surface area (Å²) in [6.45, 7) is 2.19. The third kappa shape index (κ3) is 3.82. The van der Waals surface area contributed by atoms with Gasteiger partial charge in [-0.2, -0.15) is 0 Å². The number of methoxy groups -OCH3 is 1. The van der Waals surface area contributed by atoms with E-state index in [2.05, 4.69) is 0 Å². The molecule has 1 atom stereocenters. The highest BCUT2D eigenvalue weighted by Gasteiger charge is 2.11. The first-order valence-electron chi connectivity index (χ1n) is 6.52. The van der Waals surface area contributed by atoms with Gasteiger partial charge in [0.1, 0.15) is 6.61 Å². The Kier molecular flexibility index (Phi) is 5.34. The average Bonchev–Trinajstić information content (AvgIpc) is 2.46. The normalized spacial score (nSPS) is 12.0. The maximum absolute atomic E-state index is 6.12. The van der Waals surface area contributed by atoms with E-state index in [1.54, 1.807) is 25.3 Å². The van der Waals surface area contributed by atoms with Crippen molar-refractivity contribution in [3.8, 4) is 11.5 Å². The molecule has 2 aromatic carbocycles. The highest BCUT2D eigenvalue weighted by atomic mass is 35.5. The summed E-state index contributed by atoms with van der Waals surface area (Å²) in [6.07, 6.45) is 0. The maximum atomic E-state index is 6.12. The molecule has 3 nitrogen and oxygen atoms in total. The van der Waals surface area contributed by atoms with Gasteiger partial charge < -0.3 is 15.2 Å². The fourth-order valence-corrected chi connectivity index (χ4v) is 2.41. The van der Waals surface area contributed by atoms with E-state index in [4.69, 9.17) is 38.4 Å². The summed E-state index contributed by atoms with van der Waals surface area (Å²) in [6, 6.07) is 10.9. The quantitative estimate of drug-likeness (QED) is 0.873. The first kappa shape index (κ1) is 16.0. The van der Waals surface area contributed by atoms with Gasteiger partial charge in [0.15, 0.2) is 11.5 Å². The Hall–Kier alpha value is -1.42. The van der Waals surface area contributed by atoms with Gasteiger partial charge in [-0.3, -0.25) is 0 Å². The molecule has 0 spiro atoms. The number of hydrogen-bond donors (Lipinski definition) is 1. The SMILES string of the molecule is COc1cc([C@@H](C)N)ccc1OCc1c(Cl)cccc1Cl. The van der Waals surface area contributed by atoms with Crippen LogP contribution in [0.2, 0.25) is 10.0 Å². The second-order valence-electron chi connectivity index (χ2n) is 4.69. The molecule has 0 unspecified atom stereocenters. The average molecular weight is 326 g/mol. The fraction of sp³-hybridized carbons (Fsp3) is 0.250. The third-order valence-corrected chi connectivity index (χ3v) is 3.86. The van der Waals surface area contributed by atoms with E-state index >= 15 is 0 Å². The van der Waals surface area contributed by atoms with Gasteiger partial charge >= 0.3 is 0 Å². The van der Waals surface area contributed by atoms with Crippen LogP contribution in [0.15, 0.2) is 36.4 Å². The Morgan fingerprint density at radius 3 is 2.33 bits per heavy atom. The fourth-order valence-electron chi connectivity index (χ4n) is 1.91. The van der Waals surface area contributed by atoms with E-state index in [1.165, 1.54) is 0 Å². The lowest BCUT2D eigenvalue weighted by Crippen LogP contribution is -2.06. The number of rotatable bonds is 5. The molecule has 0 fully saturated rings. The standard InChI is InChI=1S/C16H17Cl2NO2/c1-10(19)11-6-7-15(16(8-11)20-2)21-9-12-13(17)4-3-5-14(12)18/h3-8,10H,9,19H2,1-2H3/t10-/m1/s1. The van der Waals surface area contributed by atoms with Crippen LogP contribution in [0.1, 0.15) is 24.1 Å². The first-order valence-corrected chi connectivity index (χ1v) is 7.27. The second kappa shape index (κ2) is 7.03. The van der Waals surface area contributed by atoms with Crippen molar-refractivity contribution in [2.24, 2.45) is 5.73 Å². The number of benzene rings is 2. The van der Waals surface area contributed by atoms with E-state index in [1.807, 2.05) is 25.1 Å². The van der Waals surface area contributed by atoms with E-state index in [-0.39, 0.29) is 12.6 Å². The Morgan fingerprint density at radius 1 is 1.10 bits per heavy atom. The molecule has 2 aromatic rings. The predicted molar refractivity (Wildman–Crippen MR) is 86.4 cm³/mol. The molecular weight excluding hydrogens is 309 g/mol. The largest absolute Gasteiger partial charge is 0.493 e. The number of halogens is 2. The number of hydrogen-bond acceptors (Lipinski definition) is 3. The summed E-state index contributed by atoms with van der Waals surface area (Å²) in [5.41, 5.74) is 7.59. The van der Waals surface area contributed by atoms with E-state index < -0.39 is 0 Å². The van der Waals surface area contributed by atoms with Crippen LogP contribution in [0.25, 0.3) is 0 Å². The summed E-state index contributed by atoms with van der Waals surface area (Å²) in [7, 11) is 1.59. The Labute approximate surface area is 134 Å². The highest BCUT2D eigenvalue weighted by molar-refractivity contribution is 6.35. The first-order chi connectivity index (χ1) is 10.0. The van der Waals surface area contributed by atoms with Crippen LogP contribution in [0.3, 0.4) is 0 Å². The van der Waals surface area contributed by atoms with Gasteiger partial charge in [0.25, 0.3) is 0 Å². The van der Waals surface area contributed by atoms with Crippen molar-refractivity contribution in [3.05, 3.63) is 57.6 Å². The summed E-state index contributed by atoms with van der Waals surface area (Å²) < 4.78 is 11.1. The van der Waals surface area contributed by atoms with Crippen molar-refractivity contribution >= 4 is 23.2 Å². The molecule has 5 heteroatoms. The summed E-state index contributed by atoms with van der Waals surface area (Å²) in [4.78, 5) is 0. The summed E-state index contributed by atoms with van der Waals surface area (Å²) >= 11 is 12.2. The Balaban J connectivity index is 2.20. The zero-order valence-electron chi connectivity index (χ0n) is 11.9. The van der Waals surface area contributed by atoms with E-state index in [0.29, 0.717) is 21.5 Å². The van der Waals surface area contributed by atoms with E-state index in [0.717, 1.165) is 11.1 Å². The predicted octanol–water partition coefficient (Wildman–Crippen LogP) is 4.60. The van der Waals surface area contributed by atoms with Crippen molar-refractivity contribution in [2.45, 2.75) is 19.6 Å². The molecule has 0 saturated heterocycles. The van der Waals surface area contributed by atoms with Gasteiger partial charge in [0.05, 0.1) is 7.11 Å². The van der Waals surface area contributed by atoms with Gasteiger partial charge in [-0.05, 0) is 36.8 Å². The smallest absolute Gasteiger partial charge is 0.161 e. The molecule has 2 N–H and O–H groups in total. The molecule has 112 valence electrons. The van der Waals surface area contributed by atoms with Gasteiger partial charge in [-0.25, -0.2) is 0 Å². The van der Waals surface area contributed by atoms with Crippen LogP contribution in [0.5, 0.6) is 11.5 Å². The molecule has 0 radical (unpaired) electrons. The van der Waals surface area contributed by atoms with Crippen molar-refractivity contribution in [1.82, 2.24) is 0 Å². The molecule has 0 bridgehead atoms. The highest BCUT2D eigenvalue weighted by Crippen LogP contribution is 2.32. The second-order valence-corrected chi connectivity index (χ2v) is 5.50. The summed E-state index contributed by atoms with van der Waals surface area (Å²) in [5.74, 6) is 1.26. The van der Waals surface area contributed by atoms with Gasteiger partial charge in [0.2, 0.25) is 0 Å². The maximum Gasteiger partial charge on any atom is 0.161 e. The minimum Gasteiger partial charge on any atom is -0.493 e. The van der Waals surface area contributed by atoms with Crippen molar-refractivity contribution in [3.63, 3.8) is 0 Å². The molecule has 0 saturated carbocycles.